The van der Waals surface area contributed by atoms with Crippen LogP contribution in [-0.2, 0) is 9.53 Å². The molecule has 0 aliphatic carbocycles. The van der Waals surface area contributed by atoms with Gasteiger partial charge in [-0.25, -0.2) is 4.79 Å². The molecule has 23 heavy (non-hydrogen) atoms. The Morgan fingerprint density at radius 3 is 2.65 bits per heavy atom. The van der Waals surface area contributed by atoms with Crippen LogP contribution in [0.4, 0.5) is 0 Å². The molecule has 1 atom stereocenters. The zero-order valence-electron chi connectivity index (χ0n) is 13.6. The minimum Gasteiger partial charge on any atom is -0.493 e. The van der Waals surface area contributed by atoms with Crippen LogP contribution in [0.5, 0.6) is 11.5 Å². The van der Waals surface area contributed by atoms with Gasteiger partial charge in [0.05, 0.1) is 32.4 Å². The lowest BCUT2D eigenvalue weighted by Crippen LogP contribution is -2.45. The number of carbonyl (C=O) groups excluding carboxylic acids is 1. The normalized spacial score (nSPS) is 17.2. The van der Waals surface area contributed by atoms with Crippen LogP contribution in [-0.4, -0.2) is 31.9 Å². The summed E-state index contributed by atoms with van der Waals surface area (Å²) in [6.07, 6.45) is 0. The summed E-state index contributed by atoms with van der Waals surface area (Å²) < 4.78 is 15.8. The summed E-state index contributed by atoms with van der Waals surface area (Å²) in [6.45, 7) is 4.23. The third-order valence-corrected chi connectivity index (χ3v) is 3.72. The minimum absolute atomic E-state index is 0.414. The van der Waals surface area contributed by atoms with E-state index in [1.807, 2.05) is 25.1 Å². The van der Waals surface area contributed by atoms with Crippen molar-refractivity contribution in [3.63, 3.8) is 0 Å². The van der Waals surface area contributed by atoms with Gasteiger partial charge in [0.15, 0.2) is 16.6 Å². The second kappa shape index (κ2) is 7.32. The Morgan fingerprint density at radius 1 is 1.30 bits per heavy atom. The lowest BCUT2D eigenvalue weighted by molar-refractivity contribution is -0.136. The summed E-state index contributed by atoms with van der Waals surface area (Å²) >= 11 is 5.20. The van der Waals surface area contributed by atoms with Gasteiger partial charge in [-0.3, -0.25) is 0 Å². The first-order valence-corrected chi connectivity index (χ1v) is 7.60. The summed E-state index contributed by atoms with van der Waals surface area (Å²) in [7, 11) is 2.93. The smallest absolute Gasteiger partial charge is 0.337 e. The van der Waals surface area contributed by atoms with Gasteiger partial charge < -0.3 is 24.8 Å². The van der Waals surface area contributed by atoms with Crippen LogP contribution >= 0.6 is 12.2 Å². The van der Waals surface area contributed by atoms with E-state index in [4.69, 9.17) is 26.4 Å². The molecule has 0 saturated heterocycles. The number of methoxy groups -OCH3 is 2. The van der Waals surface area contributed by atoms with Gasteiger partial charge in [-0.2, -0.15) is 0 Å². The lowest BCUT2D eigenvalue weighted by atomic mass is 9.95. The molecule has 0 amide bonds. The van der Waals surface area contributed by atoms with Crippen molar-refractivity contribution in [1.82, 2.24) is 10.6 Å². The summed E-state index contributed by atoms with van der Waals surface area (Å²) in [5, 5.41) is 6.50. The predicted octanol–water partition coefficient (Wildman–Crippen LogP) is 2.06. The van der Waals surface area contributed by atoms with E-state index in [-0.39, 0.29) is 0 Å². The first-order chi connectivity index (χ1) is 11.0. The zero-order chi connectivity index (χ0) is 17.0. The minimum atomic E-state index is -0.416. The first-order valence-electron chi connectivity index (χ1n) is 7.19. The Hall–Kier alpha value is -2.28. The van der Waals surface area contributed by atoms with Gasteiger partial charge in [-0.15, -0.1) is 0 Å². The number of ether oxygens (including phenoxy) is 3. The molecule has 6 nitrogen and oxygen atoms in total. The number of hydrogen-bond acceptors (Lipinski definition) is 5. The largest absolute Gasteiger partial charge is 0.493 e. The Bertz CT molecular complexity index is 657. The summed E-state index contributed by atoms with van der Waals surface area (Å²) in [4.78, 5) is 12.1. The number of carbonyl (C=O) groups is 1. The van der Waals surface area contributed by atoms with Crippen LogP contribution in [0.15, 0.2) is 29.5 Å². The highest BCUT2D eigenvalue weighted by molar-refractivity contribution is 7.80. The number of hydrogen-bond donors (Lipinski definition) is 2. The van der Waals surface area contributed by atoms with Crippen molar-refractivity contribution in [2.24, 2.45) is 0 Å². The monoisotopic (exact) mass is 336 g/mol. The molecule has 1 aliphatic heterocycles. The third kappa shape index (κ3) is 3.56. The Balaban J connectivity index is 2.47. The molecule has 0 spiro atoms. The maximum atomic E-state index is 12.1. The standard InChI is InChI=1S/C16H20N2O4S/c1-5-22-11-7-6-10(8-12(11)20-3)14-13(15(19)21-4)9(2)17-16(23)18-14/h6-8,14H,5H2,1-4H3,(H2,17,18,23)/t14-/m0/s1. The molecule has 2 rings (SSSR count). The Labute approximate surface area is 140 Å². The molecule has 1 aromatic carbocycles. The highest BCUT2D eigenvalue weighted by Crippen LogP contribution is 2.34. The molecule has 124 valence electrons. The number of esters is 1. The van der Waals surface area contributed by atoms with Gasteiger partial charge in [0.2, 0.25) is 0 Å². The van der Waals surface area contributed by atoms with Crippen LogP contribution < -0.4 is 20.1 Å². The van der Waals surface area contributed by atoms with Gasteiger partial charge >= 0.3 is 5.97 Å². The molecule has 0 saturated carbocycles. The predicted molar refractivity (Wildman–Crippen MR) is 90.5 cm³/mol. The topological polar surface area (TPSA) is 68.8 Å². The molecule has 0 fully saturated rings. The second-order valence-electron chi connectivity index (χ2n) is 4.91. The summed E-state index contributed by atoms with van der Waals surface area (Å²) in [5.41, 5.74) is 1.97. The average molecular weight is 336 g/mol. The maximum absolute atomic E-state index is 12.1. The number of thiocarbonyl (C=S) groups is 1. The van der Waals surface area contributed by atoms with Crippen molar-refractivity contribution in [1.29, 1.82) is 0 Å². The molecule has 1 heterocycles. The quantitative estimate of drug-likeness (QED) is 0.630. The number of nitrogens with one attached hydrogen (secondary N) is 2. The van der Waals surface area contributed by atoms with E-state index in [1.54, 1.807) is 14.0 Å². The number of allylic oxidation sites excluding steroid dienone is 1. The fraction of sp³-hybridized carbons (Fsp3) is 0.375. The first kappa shape index (κ1) is 17.1. The summed E-state index contributed by atoms with van der Waals surface area (Å²) in [5.74, 6) is 0.830. The van der Waals surface area contributed by atoms with Gasteiger partial charge in [0.25, 0.3) is 0 Å². The van der Waals surface area contributed by atoms with Crippen molar-refractivity contribution >= 4 is 23.3 Å². The van der Waals surface area contributed by atoms with E-state index in [0.29, 0.717) is 34.5 Å². The third-order valence-electron chi connectivity index (χ3n) is 3.50. The SMILES string of the molecule is CCOc1ccc([C@@H]2NC(=S)NC(C)=C2C(=O)OC)cc1OC. The van der Waals surface area contributed by atoms with Gasteiger partial charge in [-0.1, -0.05) is 6.07 Å². The van der Waals surface area contributed by atoms with Crippen LogP contribution in [0, 0.1) is 0 Å². The van der Waals surface area contributed by atoms with E-state index in [9.17, 15) is 4.79 Å². The van der Waals surface area contributed by atoms with Gasteiger partial charge in [0.1, 0.15) is 0 Å². The molecule has 0 bridgehead atoms. The molecular formula is C16H20N2O4S. The van der Waals surface area contributed by atoms with Crippen molar-refractivity contribution in [3.05, 3.63) is 35.0 Å². The zero-order valence-corrected chi connectivity index (χ0v) is 14.4. The van der Waals surface area contributed by atoms with Crippen molar-refractivity contribution in [2.75, 3.05) is 20.8 Å². The van der Waals surface area contributed by atoms with Crippen molar-refractivity contribution in [3.8, 4) is 11.5 Å². The molecule has 1 aliphatic rings. The number of benzene rings is 1. The molecule has 0 aromatic heterocycles. The van der Waals surface area contributed by atoms with Crippen LogP contribution in [0.1, 0.15) is 25.5 Å². The van der Waals surface area contributed by atoms with E-state index < -0.39 is 12.0 Å². The summed E-state index contributed by atoms with van der Waals surface area (Å²) in [6, 6.07) is 5.09. The average Bonchev–Trinajstić information content (AvgIpc) is 2.54. The Kier molecular flexibility index (Phi) is 5.44. The molecule has 0 unspecified atom stereocenters. The highest BCUT2D eigenvalue weighted by Gasteiger charge is 2.31. The van der Waals surface area contributed by atoms with Crippen molar-refractivity contribution in [2.45, 2.75) is 19.9 Å². The molecule has 0 radical (unpaired) electrons. The number of rotatable bonds is 5. The molecule has 1 aromatic rings. The van der Waals surface area contributed by atoms with Gasteiger partial charge in [0, 0.05) is 5.70 Å². The fourth-order valence-electron chi connectivity index (χ4n) is 2.46. The van der Waals surface area contributed by atoms with E-state index in [1.165, 1.54) is 7.11 Å². The van der Waals surface area contributed by atoms with E-state index in [2.05, 4.69) is 10.6 Å². The molecular weight excluding hydrogens is 316 g/mol. The lowest BCUT2D eigenvalue weighted by Gasteiger charge is -2.29. The van der Waals surface area contributed by atoms with E-state index in [0.717, 1.165) is 5.56 Å². The second-order valence-corrected chi connectivity index (χ2v) is 5.31. The fourth-order valence-corrected chi connectivity index (χ4v) is 2.73. The molecule has 7 heteroatoms. The molecule has 2 N–H and O–H groups in total. The van der Waals surface area contributed by atoms with Crippen LogP contribution in [0.2, 0.25) is 0 Å². The maximum Gasteiger partial charge on any atom is 0.337 e. The van der Waals surface area contributed by atoms with Gasteiger partial charge in [-0.05, 0) is 43.8 Å². The van der Waals surface area contributed by atoms with Crippen molar-refractivity contribution < 1.29 is 19.0 Å². The Morgan fingerprint density at radius 2 is 2.04 bits per heavy atom. The van der Waals surface area contributed by atoms with Crippen LogP contribution in [0.25, 0.3) is 0 Å². The highest BCUT2D eigenvalue weighted by atomic mass is 32.1. The van der Waals surface area contributed by atoms with Crippen LogP contribution in [0.3, 0.4) is 0 Å². The van der Waals surface area contributed by atoms with E-state index >= 15 is 0 Å².